The molecule has 12 atom stereocenters. The van der Waals surface area contributed by atoms with Crippen LogP contribution in [0.3, 0.4) is 0 Å². The van der Waals surface area contributed by atoms with Crippen LogP contribution in [-0.2, 0) is 57.4 Å². The maximum absolute atomic E-state index is 14.8. The van der Waals surface area contributed by atoms with Gasteiger partial charge in [0.05, 0.1) is 55.3 Å². The summed E-state index contributed by atoms with van der Waals surface area (Å²) in [5.74, 6) is -7.23. The number of methoxy groups -OCH3 is 2. The third-order valence-corrected chi connectivity index (χ3v) is 17.0. The number of hydrogen-bond donors (Lipinski definition) is 8. The van der Waals surface area contributed by atoms with Crippen LogP contribution in [-0.4, -0.2) is 224 Å². The lowest BCUT2D eigenvalue weighted by Gasteiger charge is -2.41. The highest BCUT2D eigenvalue weighted by Crippen LogP contribution is 2.30. The smallest absolute Gasteiger partial charge is 0.312 e. The molecule has 9 N–H and O–H groups in total. The number of nitrogens with zero attached hydrogens (tertiary/aromatic N) is 5. The number of nitrogens with one attached hydrogen (secondary N) is 6. The number of likely N-dealkylation sites (tertiary alicyclic amines) is 1. The largest absolute Gasteiger partial charge is 0.386 e. The van der Waals surface area contributed by atoms with Crippen molar-refractivity contribution in [1.82, 2.24) is 56.4 Å². The Labute approximate surface area is 526 Å². The molecule has 2 aliphatic heterocycles. The molecule has 0 radical (unpaired) electrons. The summed E-state index contributed by atoms with van der Waals surface area (Å²) in [7, 11) is 7.80. The Balaban J connectivity index is 1.71. The van der Waals surface area contributed by atoms with Crippen LogP contribution in [0.4, 0.5) is 4.79 Å². The summed E-state index contributed by atoms with van der Waals surface area (Å²) in [4.78, 5) is 155. The number of primary amides is 1. The zero-order chi connectivity index (χ0) is 67.0. The van der Waals surface area contributed by atoms with Crippen LogP contribution in [0, 0.1) is 29.6 Å². The van der Waals surface area contributed by atoms with Crippen molar-refractivity contribution in [2.75, 3.05) is 74.6 Å². The molecule has 0 saturated carbocycles. The van der Waals surface area contributed by atoms with Crippen molar-refractivity contribution in [2.45, 2.75) is 181 Å². The Kier molecular flexibility index (Phi) is 31.9. The molecule has 2 heterocycles. The number of ether oxygens (including phenoxy) is 2. The number of aliphatic hydroxyl groups excluding tert-OH is 1. The number of urea groups is 1. The fourth-order valence-electron chi connectivity index (χ4n) is 11.5. The van der Waals surface area contributed by atoms with Crippen molar-refractivity contribution in [3.63, 3.8) is 0 Å². The highest BCUT2D eigenvalue weighted by Gasteiger charge is 2.44. The van der Waals surface area contributed by atoms with Gasteiger partial charge < -0.3 is 71.8 Å². The van der Waals surface area contributed by atoms with Crippen molar-refractivity contribution in [1.29, 1.82) is 0 Å². The molecule has 1 saturated heterocycles. The van der Waals surface area contributed by atoms with Crippen LogP contribution in [0.1, 0.15) is 132 Å². The molecule has 1 fully saturated rings. The Morgan fingerprint density at radius 3 is 1.92 bits per heavy atom. The molecule has 26 nitrogen and oxygen atoms in total. The van der Waals surface area contributed by atoms with Gasteiger partial charge in [-0.2, -0.15) is 0 Å². The normalized spacial score (nSPS) is 17.9. The first-order valence-corrected chi connectivity index (χ1v) is 31.3. The first kappa shape index (κ1) is 76.2. The minimum absolute atomic E-state index is 0.0105. The van der Waals surface area contributed by atoms with Crippen molar-refractivity contribution >= 4 is 65.1 Å². The summed E-state index contributed by atoms with van der Waals surface area (Å²) < 4.78 is 12.0. The lowest BCUT2D eigenvalue weighted by molar-refractivity contribution is -0.148. The van der Waals surface area contributed by atoms with Crippen LogP contribution in [0.25, 0.3) is 0 Å². The molecule has 1 aromatic rings. The number of benzene rings is 1. The van der Waals surface area contributed by atoms with Crippen LogP contribution >= 0.6 is 0 Å². The zero-order valence-corrected chi connectivity index (χ0v) is 55.2. The van der Waals surface area contributed by atoms with Gasteiger partial charge >= 0.3 is 6.03 Å². The van der Waals surface area contributed by atoms with Crippen molar-refractivity contribution in [3.8, 4) is 0 Å². The summed E-state index contributed by atoms with van der Waals surface area (Å²) in [6.45, 7) is 18.7. The van der Waals surface area contributed by atoms with E-state index in [1.165, 1.54) is 43.2 Å². The summed E-state index contributed by atoms with van der Waals surface area (Å²) in [6.07, 6.45) is 2.43. The molecule has 12 amide bonds. The Morgan fingerprint density at radius 1 is 0.730 bits per heavy atom. The monoisotopic (exact) mass is 1250 g/mol. The van der Waals surface area contributed by atoms with E-state index in [0.29, 0.717) is 50.9 Å². The number of imide groups is 1. The minimum atomic E-state index is -1.25. The summed E-state index contributed by atoms with van der Waals surface area (Å²) in [6, 6.07) is 1.97. The zero-order valence-electron chi connectivity index (χ0n) is 55.2. The van der Waals surface area contributed by atoms with E-state index in [-0.39, 0.29) is 68.3 Å². The molecule has 0 bridgehead atoms. The number of aliphatic hydroxyl groups is 1. The second kappa shape index (κ2) is 37.2. The highest BCUT2D eigenvalue weighted by atomic mass is 16.5. The van der Waals surface area contributed by atoms with Gasteiger partial charge in [0.2, 0.25) is 47.3 Å². The summed E-state index contributed by atoms with van der Waals surface area (Å²) >= 11 is 0. The number of carbonyl (C=O) groups is 11. The van der Waals surface area contributed by atoms with E-state index in [4.69, 9.17) is 15.2 Å². The summed E-state index contributed by atoms with van der Waals surface area (Å²) in [5.41, 5.74) is 5.91. The van der Waals surface area contributed by atoms with Gasteiger partial charge in [-0.05, 0) is 81.9 Å². The van der Waals surface area contributed by atoms with Crippen LogP contribution < -0.4 is 37.6 Å². The Morgan fingerprint density at radius 2 is 1.36 bits per heavy atom. The molecule has 1 aromatic carbocycles. The SMILES string of the molecule is CC[C@H](C)[C@@H]([C@@H](CC(=O)N1CCC[C@H]1[C@H](OC)[C@@H](C)C(=O)N[C@H](C)[C@@H](O)c1ccccc1)OC)N(C)C(=O)C(NC(=O)[C@H](C(C)C)N(C)C(=O)CNC(=O)[C@H](CCCNC(N)=O)NC(=O)C(NC(=O)CCN(C)CCCN1C(=O)C=CC1=O)C(C)C)C(C)C. The van der Waals surface area contributed by atoms with Crippen LogP contribution in [0.15, 0.2) is 42.5 Å². The van der Waals surface area contributed by atoms with Gasteiger partial charge in [0, 0.05) is 73.1 Å². The van der Waals surface area contributed by atoms with Gasteiger partial charge in [-0.1, -0.05) is 99.1 Å². The molecule has 2 aliphatic rings. The van der Waals surface area contributed by atoms with Gasteiger partial charge in [-0.25, -0.2) is 4.79 Å². The lowest BCUT2D eigenvalue weighted by atomic mass is 9.89. The Hall–Kier alpha value is -7.03. The fraction of sp³-hybridized carbons (Fsp3) is 0.698. The molecule has 89 heavy (non-hydrogen) atoms. The fourth-order valence-corrected chi connectivity index (χ4v) is 11.5. The minimum Gasteiger partial charge on any atom is -0.386 e. The van der Waals surface area contributed by atoms with Crippen LogP contribution in [0.5, 0.6) is 0 Å². The van der Waals surface area contributed by atoms with E-state index in [2.05, 4.69) is 31.9 Å². The molecule has 0 aliphatic carbocycles. The topological polar surface area (TPSA) is 341 Å². The van der Waals surface area contributed by atoms with Gasteiger partial charge in [0.1, 0.15) is 24.2 Å². The first-order chi connectivity index (χ1) is 41.9. The van der Waals surface area contributed by atoms with E-state index in [9.17, 15) is 57.8 Å². The van der Waals surface area contributed by atoms with Crippen LogP contribution in [0.2, 0.25) is 0 Å². The van der Waals surface area contributed by atoms with E-state index in [0.717, 1.165) is 4.90 Å². The maximum Gasteiger partial charge on any atom is 0.312 e. The van der Waals surface area contributed by atoms with E-state index >= 15 is 0 Å². The molecule has 500 valence electrons. The number of hydrogen-bond acceptors (Lipinski definition) is 15. The van der Waals surface area contributed by atoms with Crippen molar-refractivity contribution in [2.24, 2.45) is 35.3 Å². The Bertz CT molecular complexity index is 2550. The predicted molar refractivity (Wildman–Crippen MR) is 334 cm³/mol. The number of carbonyl (C=O) groups excluding carboxylic acids is 11. The van der Waals surface area contributed by atoms with Crippen molar-refractivity contribution < 1.29 is 67.3 Å². The second-order valence-corrected chi connectivity index (χ2v) is 24.7. The molecule has 26 heteroatoms. The van der Waals surface area contributed by atoms with Gasteiger partial charge in [-0.3, -0.25) is 52.8 Å². The molecular weight excluding hydrogens is 1150 g/mol. The molecule has 0 spiro atoms. The third-order valence-electron chi connectivity index (χ3n) is 17.0. The van der Waals surface area contributed by atoms with E-state index in [1.54, 1.807) is 86.5 Å². The quantitative estimate of drug-likeness (QED) is 0.0344. The maximum atomic E-state index is 14.8. The van der Waals surface area contributed by atoms with Gasteiger partial charge in [-0.15, -0.1) is 0 Å². The number of amides is 12. The van der Waals surface area contributed by atoms with E-state index in [1.807, 2.05) is 36.9 Å². The molecular formula is C63H104N12O14. The van der Waals surface area contributed by atoms with Gasteiger partial charge in [0.15, 0.2) is 0 Å². The van der Waals surface area contributed by atoms with Gasteiger partial charge in [0.25, 0.3) is 11.8 Å². The molecule has 2 unspecified atom stereocenters. The first-order valence-electron chi connectivity index (χ1n) is 31.3. The van der Waals surface area contributed by atoms with Crippen molar-refractivity contribution in [3.05, 3.63) is 48.0 Å². The molecule has 0 aromatic heterocycles. The predicted octanol–water partition coefficient (Wildman–Crippen LogP) is 1.60. The second-order valence-electron chi connectivity index (χ2n) is 24.7. The third kappa shape index (κ3) is 22.8. The average Bonchev–Trinajstić information content (AvgIpc) is 3.81. The summed E-state index contributed by atoms with van der Waals surface area (Å²) in [5, 5.41) is 27.3. The highest BCUT2D eigenvalue weighted by molar-refractivity contribution is 6.12. The molecule has 3 rings (SSSR count). The number of likely N-dealkylation sites (N-methyl/N-ethyl adjacent to an activating group) is 2. The standard InChI is InChI=1S/C63H104N12O14/c1-16-40(8)55(46(88-14)35-50(79)74-32-21-26-45(74)57(89-15)41(9)58(82)67-42(10)56(81)43-23-18-17-19-24-43)73(13)62(86)53(38(4)5)70-61(85)54(39(6)7)72(12)51(80)36-66-59(83)44(25-20-30-65-63(64)87)68-60(84)52(37(2)3)69-47(76)29-34-71(11)31-22-33-75-48(77)27-28-49(75)78/h17-19,23-24,27-28,37-42,44-46,52-57,81H,16,20-22,25-26,29-36H2,1-15H3,(H,66,83)(H,67,82)(H,68,84)(H,69,76)(H,70,85)(H3,64,65,87)/t40-,41+,42+,44-,45-,46+,52?,53?,54-,55-,56+,57+/m0/s1. The lowest BCUT2D eigenvalue weighted by Crippen LogP contribution is -2.61. The van der Waals surface area contributed by atoms with E-state index < -0.39 is 132 Å². The number of rotatable bonds is 38. The average molecular weight is 1250 g/mol. The number of nitrogens with two attached hydrogens (primary N) is 1.